The second-order valence-electron chi connectivity index (χ2n) is 9.32. The third-order valence-electron chi connectivity index (χ3n) is 6.30. The molecule has 1 rings (SSSR count). The number of rotatable bonds is 19. The number of nitrogens with one attached hydrogen (secondary N) is 1. The van der Waals surface area contributed by atoms with Gasteiger partial charge in [0.25, 0.3) is 0 Å². The maximum atomic E-state index is 12.0. The molecule has 0 aromatic rings. The number of aliphatic hydroxyl groups is 4. The number of unbranched alkanes of at least 4 members (excludes halogenated alkanes) is 13. The summed E-state index contributed by atoms with van der Waals surface area (Å²) in [7, 11) is 0. The molecule has 0 aliphatic carbocycles. The Kier molecular flexibility index (Phi) is 17.5. The average molecular weight is 497 g/mol. The van der Waals surface area contributed by atoms with Crippen molar-refractivity contribution >= 4 is 5.91 Å². The summed E-state index contributed by atoms with van der Waals surface area (Å²) >= 11 is 0. The van der Waals surface area contributed by atoms with Gasteiger partial charge in [0, 0.05) is 7.45 Å². The summed E-state index contributed by atoms with van der Waals surface area (Å²) in [6, 6.07) is -1.19. The molecule has 1 aliphatic rings. The lowest BCUT2D eigenvalue weighted by Crippen LogP contribution is -2.64. The van der Waals surface area contributed by atoms with Crippen LogP contribution in [0.1, 0.15) is 98.2 Å². The van der Waals surface area contributed by atoms with Gasteiger partial charge in [-0.1, -0.05) is 114 Å². The van der Waals surface area contributed by atoms with Crippen molar-refractivity contribution in [3.63, 3.8) is 0 Å². The van der Waals surface area contributed by atoms with E-state index in [9.17, 15) is 20.1 Å². The third-order valence-corrected chi connectivity index (χ3v) is 6.30. The largest absolute Gasteiger partial charge is 0.394 e. The number of allylic oxidation sites excluding steroid dienone is 5. The van der Waals surface area contributed by atoms with E-state index in [-0.39, 0.29) is 0 Å². The molecule has 1 heterocycles. The number of hydrogen-bond acceptors (Lipinski definition) is 6. The number of ether oxygens (including phenoxy) is 1. The first-order chi connectivity index (χ1) is 17.5. The highest BCUT2D eigenvalue weighted by Crippen LogP contribution is 2.19. The van der Waals surface area contributed by atoms with Gasteiger partial charge < -0.3 is 30.5 Å². The molecule has 1 aliphatic heterocycles. The fourth-order valence-corrected chi connectivity index (χ4v) is 4.12. The van der Waals surface area contributed by atoms with Gasteiger partial charge in [-0.25, -0.2) is 0 Å². The highest BCUT2D eigenvalue weighted by atomic mass is 16.6. The average Bonchev–Trinajstić information content (AvgIpc) is 2.87. The Balaban J connectivity index is 2.00. The zero-order valence-corrected chi connectivity index (χ0v) is 21.3. The first kappa shape index (κ1) is 29.7. The van der Waals surface area contributed by atoms with E-state index in [1.807, 2.05) is 12.2 Å². The van der Waals surface area contributed by atoms with Crippen LogP contribution < -0.4 is 5.32 Å². The molecule has 0 radical (unpaired) electrons. The van der Waals surface area contributed by atoms with Crippen LogP contribution in [0, 0.1) is 0 Å². The molecular formula is C28H49NO6. The maximum Gasteiger partial charge on any atom is 0.244 e. The van der Waals surface area contributed by atoms with E-state index in [0.29, 0.717) is 6.90 Å². The standard InChI is InChI=1S/C28H49NO6/c1-2-3-4-5-6-7-8-9-10-11-12-13-14-15-16-17-18-19-20-21-24(31)29-25-27(33)26(32)23(22-30)35-28(25)34/h16-21,23,25-28,30,32-34H,2-15,22H2,1H3,(H,29,31)/t23-,25-,26-,27-,28?/m1/s1/i1D. The van der Waals surface area contributed by atoms with Crippen molar-refractivity contribution in [1.82, 2.24) is 5.32 Å². The number of hydrogen-bond donors (Lipinski definition) is 5. The zero-order valence-electron chi connectivity index (χ0n) is 22.3. The number of aliphatic hydroxyl groups excluding tert-OH is 4. The lowest BCUT2D eigenvalue weighted by atomic mass is 9.97. The second-order valence-corrected chi connectivity index (χ2v) is 9.32. The van der Waals surface area contributed by atoms with E-state index in [1.54, 1.807) is 12.2 Å². The quantitative estimate of drug-likeness (QED) is 0.105. The van der Waals surface area contributed by atoms with Gasteiger partial charge in [0.15, 0.2) is 6.29 Å². The molecule has 1 unspecified atom stereocenters. The summed E-state index contributed by atoms with van der Waals surface area (Å²) in [4.78, 5) is 12.0. The van der Waals surface area contributed by atoms with Crippen molar-refractivity contribution in [3.05, 3.63) is 36.5 Å². The van der Waals surface area contributed by atoms with E-state index >= 15 is 0 Å². The summed E-state index contributed by atoms with van der Waals surface area (Å²) in [6.07, 6.45) is 22.7. The first-order valence-electron chi connectivity index (χ1n) is 14.1. The molecule has 0 bridgehead atoms. The summed E-state index contributed by atoms with van der Waals surface area (Å²) in [6.45, 7) is 0.0253. The van der Waals surface area contributed by atoms with Crippen molar-refractivity contribution in [2.75, 3.05) is 6.61 Å². The van der Waals surface area contributed by atoms with Gasteiger partial charge in [-0.05, 0) is 12.8 Å². The molecule has 0 aromatic carbocycles. The molecule has 1 saturated heterocycles. The molecule has 5 N–H and O–H groups in total. The minimum atomic E-state index is -1.53. The van der Waals surface area contributed by atoms with E-state index in [1.165, 1.54) is 83.1 Å². The zero-order chi connectivity index (χ0) is 26.4. The van der Waals surface area contributed by atoms with E-state index in [4.69, 9.17) is 11.2 Å². The number of amides is 1. The minimum absolute atomic E-state index is 0.540. The van der Waals surface area contributed by atoms with Gasteiger partial charge in [-0.15, -0.1) is 0 Å². The molecular weight excluding hydrogens is 446 g/mol. The van der Waals surface area contributed by atoms with Gasteiger partial charge in [-0.3, -0.25) is 4.79 Å². The van der Waals surface area contributed by atoms with Crippen molar-refractivity contribution in [2.45, 2.75) is 127 Å². The molecule has 0 saturated carbocycles. The maximum absolute atomic E-state index is 12.0. The third kappa shape index (κ3) is 14.6. The van der Waals surface area contributed by atoms with E-state index in [2.05, 4.69) is 11.4 Å². The fourth-order valence-electron chi connectivity index (χ4n) is 4.12. The van der Waals surface area contributed by atoms with Crippen LogP contribution in [0.5, 0.6) is 0 Å². The SMILES string of the molecule is [2H]CCCCCCCCCCCCCCCC=CC=CC=CC(=O)N[C@H]1C(O)O[C@H](CO)[C@@H](O)[C@@H]1O. The summed E-state index contributed by atoms with van der Waals surface area (Å²) in [5.41, 5.74) is 0. The van der Waals surface area contributed by atoms with Crippen molar-refractivity contribution in [1.29, 1.82) is 0 Å². The Hall–Kier alpha value is -1.51. The van der Waals surface area contributed by atoms with Crippen molar-refractivity contribution < 1.29 is 31.3 Å². The summed E-state index contributed by atoms with van der Waals surface area (Å²) in [5, 5.41) is 41.2. The van der Waals surface area contributed by atoms with Crippen molar-refractivity contribution in [2.24, 2.45) is 0 Å². The van der Waals surface area contributed by atoms with Crippen LogP contribution in [0.2, 0.25) is 0 Å². The number of carbonyl (C=O) groups excluding carboxylic acids is 1. The van der Waals surface area contributed by atoms with E-state index in [0.717, 1.165) is 12.8 Å². The highest BCUT2D eigenvalue weighted by Gasteiger charge is 2.44. The summed E-state index contributed by atoms with van der Waals surface area (Å²) in [5.74, 6) is -0.540. The van der Waals surface area contributed by atoms with Crippen LogP contribution in [0.4, 0.5) is 0 Å². The Morgan fingerprint density at radius 1 is 0.829 bits per heavy atom. The Labute approximate surface area is 213 Å². The van der Waals surface area contributed by atoms with Crippen LogP contribution in [0.15, 0.2) is 36.5 Å². The normalized spacial score (nSPS) is 25.6. The lowest BCUT2D eigenvalue weighted by Gasteiger charge is -2.40. The number of carbonyl (C=O) groups is 1. The molecule has 1 amide bonds. The Morgan fingerprint density at radius 3 is 2.00 bits per heavy atom. The first-order valence-corrected chi connectivity index (χ1v) is 13.4. The lowest BCUT2D eigenvalue weighted by molar-refractivity contribution is -0.253. The monoisotopic (exact) mass is 496 g/mol. The van der Waals surface area contributed by atoms with Gasteiger partial charge in [0.1, 0.15) is 24.4 Å². The van der Waals surface area contributed by atoms with Crippen LogP contribution >= 0.6 is 0 Å². The fraction of sp³-hybridized carbons (Fsp3) is 0.750. The molecule has 5 atom stereocenters. The Morgan fingerprint density at radius 2 is 1.40 bits per heavy atom. The van der Waals surface area contributed by atoms with Gasteiger partial charge >= 0.3 is 0 Å². The van der Waals surface area contributed by atoms with Gasteiger partial charge in [0.2, 0.25) is 5.91 Å². The smallest absolute Gasteiger partial charge is 0.244 e. The predicted octanol–water partition coefficient (Wildman–Crippen LogP) is 4.05. The Bertz CT molecular complexity index is 642. The second kappa shape index (κ2) is 20.7. The molecule has 35 heavy (non-hydrogen) atoms. The molecule has 202 valence electrons. The van der Waals surface area contributed by atoms with Crippen molar-refractivity contribution in [3.8, 4) is 0 Å². The van der Waals surface area contributed by atoms with Crippen LogP contribution in [0.25, 0.3) is 0 Å². The molecule has 0 aromatic heterocycles. The highest BCUT2D eigenvalue weighted by molar-refractivity contribution is 5.88. The van der Waals surface area contributed by atoms with E-state index < -0.39 is 43.2 Å². The van der Waals surface area contributed by atoms with Gasteiger partial charge in [0.05, 0.1) is 6.61 Å². The predicted molar refractivity (Wildman–Crippen MR) is 140 cm³/mol. The summed E-state index contributed by atoms with van der Waals surface area (Å²) < 4.78 is 12.1. The minimum Gasteiger partial charge on any atom is -0.394 e. The topological polar surface area (TPSA) is 119 Å². The van der Waals surface area contributed by atoms with Crippen LogP contribution in [-0.4, -0.2) is 63.6 Å². The van der Waals surface area contributed by atoms with Crippen LogP contribution in [0.3, 0.4) is 0 Å². The molecule has 7 heteroatoms. The molecule has 0 spiro atoms. The van der Waals surface area contributed by atoms with Gasteiger partial charge in [-0.2, -0.15) is 0 Å². The molecule has 7 nitrogen and oxygen atoms in total. The molecule has 1 fully saturated rings. The van der Waals surface area contributed by atoms with Crippen LogP contribution in [-0.2, 0) is 9.53 Å².